The number of rotatable bonds is 11. The lowest BCUT2D eigenvalue weighted by Gasteiger charge is -2.25. The van der Waals surface area contributed by atoms with Crippen LogP contribution < -0.4 is 10.6 Å². The maximum absolute atomic E-state index is 16.1. The van der Waals surface area contributed by atoms with E-state index in [0.717, 1.165) is 24.0 Å². The molecule has 3 N–H and O–H groups in total. The van der Waals surface area contributed by atoms with Crippen molar-refractivity contribution in [2.45, 2.75) is 78.3 Å². The summed E-state index contributed by atoms with van der Waals surface area (Å²) in [6, 6.07) is 3.45. The molecule has 0 radical (unpaired) electrons. The van der Waals surface area contributed by atoms with Crippen LogP contribution in [0.1, 0.15) is 79.3 Å². The van der Waals surface area contributed by atoms with Crippen LogP contribution in [0.5, 0.6) is 0 Å². The first-order chi connectivity index (χ1) is 16.9. The quantitative estimate of drug-likeness (QED) is 0.344. The number of nitrogens with one attached hydrogen (secondary N) is 2. The van der Waals surface area contributed by atoms with Gasteiger partial charge in [-0.1, -0.05) is 32.6 Å². The Morgan fingerprint density at radius 1 is 1.08 bits per heavy atom. The van der Waals surface area contributed by atoms with Crippen molar-refractivity contribution in [1.82, 2.24) is 10.6 Å². The van der Waals surface area contributed by atoms with Crippen molar-refractivity contribution in [2.75, 3.05) is 0 Å². The molecule has 194 valence electrons. The standard InChI is InChI=1S/C29H36F2N2O3/c1-7-32-23(10-15(2)3)29(36)33-22(14-24(34)35)26-27(30)18(6)13-21(28(26)31)25-16(4)11-20(12-17(25)5)19-8-9-19/h7,11-13,15,19,22-23,32H,1,8-10,14H2,2-6H3,(H,33,36)(H,34,35)/t22-,23?/m0/s1. The Bertz CT molecular complexity index is 1150. The van der Waals surface area contributed by atoms with E-state index >= 15 is 8.78 Å². The first-order valence-electron chi connectivity index (χ1n) is 12.4. The molecule has 0 heterocycles. The normalized spacial score (nSPS) is 14.9. The number of carboxylic acids is 1. The molecule has 1 unspecified atom stereocenters. The van der Waals surface area contributed by atoms with E-state index in [1.165, 1.54) is 24.8 Å². The van der Waals surface area contributed by atoms with Crippen LogP contribution in [0.3, 0.4) is 0 Å². The van der Waals surface area contributed by atoms with E-state index in [2.05, 4.69) is 17.2 Å². The van der Waals surface area contributed by atoms with Gasteiger partial charge in [0.2, 0.25) is 5.91 Å². The second-order valence-corrected chi connectivity index (χ2v) is 10.3. The van der Waals surface area contributed by atoms with E-state index in [9.17, 15) is 14.7 Å². The maximum Gasteiger partial charge on any atom is 0.305 e. The van der Waals surface area contributed by atoms with Gasteiger partial charge in [0, 0.05) is 11.1 Å². The Labute approximate surface area is 212 Å². The lowest BCUT2D eigenvalue weighted by molar-refractivity contribution is -0.137. The number of carbonyl (C=O) groups is 2. The number of halogens is 2. The fourth-order valence-corrected chi connectivity index (χ4v) is 4.90. The van der Waals surface area contributed by atoms with Gasteiger partial charge < -0.3 is 15.7 Å². The van der Waals surface area contributed by atoms with E-state index in [1.807, 2.05) is 39.8 Å². The maximum atomic E-state index is 16.1. The molecule has 2 aromatic rings. The molecule has 36 heavy (non-hydrogen) atoms. The molecule has 0 bridgehead atoms. The molecule has 0 spiro atoms. The number of carbonyl (C=O) groups excluding carboxylic acids is 1. The molecular weight excluding hydrogens is 462 g/mol. The predicted octanol–water partition coefficient (Wildman–Crippen LogP) is 6.21. The van der Waals surface area contributed by atoms with Crippen LogP contribution in [-0.4, -0.2) is 23.0 Å². The van der Waals surface area contributed by atoms with Crippen molar-refractivity contribution in [3.05, 3.63) is 70.4 Å². The number of aliphatic carboxylic acids is 1. The van der Waals surface area contributed by atoms with Gasteiger partial charge in [0.25, 0.3) is 0 Å². The molecule has 1 aliphatic carbocycles. The van der Waals surface area contributed by atoms with E-state index in [1.54, 1.807) is 0 Å². The van der Waals surface area contributed by atoms with Gasteiger partial charge in [0.15, 0.2) is 0 Å². The zero-order chi connectivity index (χ0) is 26.7. The van der Waals surface area contributed by atoms with Crippen LogP contribution in [0.15, 0.2) is 31.0 Å². The van der Waals surface area contributed by atoms with Gasteiger partial charge in [-0.15, -0.1) is 0 Å². The SMILES string of the molecule is C=CNC(CC(C)C)C(=O)N[C@@H](CC(=O)O)c1c(F)c(C)cc(-c2c(C)cc(C3CC3)cc2C)c1F. The number of carboxylic acid groups (broad SMARTS) is 1. The van der Waals surface area contributed by atoms with Crippen molar-refractivity contribution >= 4 is 11.9 Å². The molecule has 0 aromatic heterocycles. The molecular formula is C29H36F2N2O3. The van der Waals surface area contributed by atoms with Crippen LogP contribution in [0.2, 0.25) is 0 Å². The van der Waals surface area contributed by atoms with Crippen LogP contribution >= 0.6 is 0 Å². The minimum absolute atomic E-state index is 0.148. The lowest BCUT2D eigenvalue weighted by Crippen LogP contribution is -2.45. The molecule has 3 rings (SSSR count). The summed E-state index contributed by atoms with van der Waals surface area (Å²) in [4.78, 5) is 24.7. The van der Waals surface area contributed by atoms with Crippen molar-refractivity contribution < 1.29 is 23.5 Å². The number of hydrogen-bond acceptors (Lipinski definition) is 3. The highest BCUT2D eigenvalue weighted by molar-refractivity contribution is 5.83. The molecule has 1 aliphatic rings. The van der Waals surface area contributed by atoms with Crippen molar-refractivity contribution in [1.29, 1.82) is 0 Å². The Hall–Kier alpha value is -3.22. The van der Waals surface area contributed by atoms with Crippen molar-refractivity contribution in [2.24, 2.45) is 5.92 Å². The van der Waals surface area contributed by atoms with E-state index in [4.69, 9.17) is 0 Å². The van der Waals surface area contributed by atoms with Crippen LogP contribution in [0, 0.1) is 38.3 Å². The third kappa shape index (κ3) is 6.12. The molecule has 1 amide bonds. The van der Waals surface area contributed by atoms with Gasteiger partial charge in [0.05, 0.1) is 12.5 Å². The van der Waals surface area contributed by atoms with Gasteiger partial charge >= 0.3 is 5.97 Å². The number of hydrogen-bond donors (Lipinski definition) is 3. The molecule has 1 saturated carbocycles. The summed E-state index contributed by atoms with van der Waals surface area (Å²) in [5.74, 6) is -2.85. The van der Waals surface area contributed by atoms with Gasteiger partial charge in [0.1, 0.15) is 17.7 Å². The van der Waals surface area contributed by atoms with E-state index in [-0.39, 0.29) is 17.0 Å². The fraction of sp³-hybridized carbons (Fsp3) is 0.448. The second-order valence-electron chi connectivity index (χ2n) is 10.3. The van der Waals surface area contributed by atoms with Crippen LogP contribution in [-0.2, 0) is 9.59 Å². The molecule has 5 nitrogen and oxygen atoms in total. The highest BCUT2D eigenvalue weighted by Crippen LogP contribution is 2.43. The highest BCUT2D eigenvalue weighted by Gasteiger charge is 2.31. The van der Waals surface area contributed by atoms with Crippen LogP contribution in [0.25, 0.3) is 11.1 Å². The molecule has 2 atom stereocenters. The topological polar surface area (TPSA) is 78.4 Å². The summed E-state index contributed by atoms with van der Waals surface area (Å²) in [6.07, 6.45) is 3.43. The zero-order valence-corrected chi connectivity index (χ0v) is 21.7. The third-order valence-electron chi connectivity index (χ3n) is 6.68. The second kappa shape index (κ2) is 11.2. The first kappa shape index (κ1) is 27.4. The molecule has 2 aromatic carbocycles. The Balaban J connectivity index is 2.10. The summed E-state index contributed by atoms with van der Waals surface area (Å²) in [7, 11) is 0. The summed E-state index contributed by atoms with van der Waals surface area (Å²) >= 11 is 0. The zero-order valence-electron chi connectivity index (χ0n) is 21.7. The van der Waals surface area contributed by atoms with E-state index < -0.39 is 47.6 Å². The summed E-state index contributed by atoms with van der Waals surface area (Å²) in [6.45, 7) is 12.8. The van der Waals surface area contributed by atoms with Crippen molar-refractivity contribution in [3.8, 4) is 11.1 Å². The largest absolute Gasteiger partial charge is 0.481 e. The molecule has 0 aliphatic heterocycles. The Morgan fingerprint density at radius 3 is 2.19 bits per heavy atom. The average Bonchev–Trinajstić information content (AvgIpc) is 3.61. The van der Waals surface area contributed by atoms with Crippen LogP contribution in [0.4, 0.5) is 8.78 Å². The summed E-state index contributed by atoms with van der Waals surface area (Å²) in [5.41, 5.74) is 3.57. The molecule has 1 fully saturated rings. The minimum Gasteiger partial charge on any atom is -0.481 e. The van der Waals surface area contributed by atoms with Gasteiger partial charge in [-0.25, -0.2) is 8.78 Å². The van der Waals surface area contributed by atoms with Crippen molar-refractivity contribution in [3.63, 3.8) is 0 Å². The lowest BCUT2D eigenvalue weighted by atomic mass is 9.88. The number of aryl methyl sites for hydroxylation is 3. The predicted molar refractivity (Wildman–Crippen MR) is 138 cm³/mol. The average molecular weight is 499 g/mol. The summed E-state index contributed by atoms with van der Waals surface area (Å²) in [5, 5.41) is 15.0. The highest BCUT2D eigenvalue weighted by atomic mass is 19.1. The van der Waals surface area contributed by atoms with Gasteiger partial charge in [-0.2, -0.15) is 0 Å². The molecule has 7 heteroatoms. The third-order valence-corrected chi connectivity index (χ3v) is 6.68. The first-order valence-corrected chi connectivity index (χ1v) is 12.4. The smallest absolute Gasteiger partial charge is 0.305 e. The number of benzene rings is 2. The fourth-order valence-electron chi connectivity index (χ4n) is 4.90. The Morgan fingerprint density at radius 2 is 1.69 bits per heavy atom. The molecule has 0 saturated heterocycles. The summed E-state index contributed by atoms with van der Waals surface area (Å²) < 4.78 is 31.6. The van der Waals surface area contributed by atoms with Gasteiger partial charge in [-0.05, 0) is 92.0 Å². The monoisotopic (exact) mass is 498 g/mol. The van der Waals surface area contributed by atoms with Gasteiger partial charge in [-0.3, -0.25) is 9.59 Å². The Kier molecular flexibility index (Phi) is 8.54. The van der Waals surface area contributed by atoms with E-state index in [0.29, 0.717) is 17.9 Å². The minimum atomic E-state index is -1.39. The number of amides is 1.